The summed E-state index contributed by atoms with van der Waals surface area (Å²) in [5, 5.41) is 4.36. The molecular weight excluding hydrogens is 281 g/mol. The predicted octanol–water partition coefficient (Wildman–Crippen LogP) is 2.44. The molecule has 0 bridgehead atoms. The topological polar surface area (TPSA) is 47.1 Å². The highest BCUT2D eigenvalue weighted by atomic mass is 35.5. The smallest absolute Gasteiger partial charge is 0.323 e. The maximum atomic E-state index is 12.2. The Kier molecular flexibility index (Phi) is 5.64. The lowest BCUT2D eigenvalue weighted by molar-refractivity contribution is -0.136. The zero-order valence-corrected chi connectivity index (χ0v) is 11.7. The van der Waals surface area contributed by atoms with E-state index in [2.05, 4.69) is 5.10 Å². The van der Waals surface area contributed by atoms with Gasteiger partial charge in [0, 0.05) is 19.0 Å². The molecule has 0 aliphatic rings. The molecule has 0 radical (unpaired) electrons. The van der Waals surface area contributed by atoms with E-state index in [9.17, 15) is 13.2 Å². The molecule has 0 amide bonds. The Balaban J connectivity index is 2.72. The third kappa shape index (κ3) is 5.38. The molecule has 1 heterocycles. The molecule has 1 aromatic heterocycles. The third-order valence-electron chi connectivity index (χ3n) is 2.68. The van der Waals surface area contributed by atoms with Gasteiger partial charge in [-0.1, -0.05) is 11.6 Å². The predicted molar refractivity (Wildman–Crippen MR) is 68.0 cm³/mol. The van der Waals surface area contributed by atoms with Crippen LogP contribution in [0.4, 0.5) is 13.2 Å². The van der Waals surface area contributed by atoms with Crippen LogP contribution in [-0.4, -0.2) is 41.5 Å². The Morgan fingerprint density at radius 1 is 1.47 bits per heavy atom. The monoisotopic (exact) mass is 298 g/mol. The van der Waals surface area contributed by atoms with Gasteiger partial charge in [-0.3, -0.25) is 4.68 Å². The standard InChI is InChI=1S/C11H18ClF3N4/c1-18(2)5-6-19-10(8(12)7-17-19)9(16)3-4-11(13,14)15/h7,9H,3-6,16H2,1-2H3. The minimum absolute atomic E-state index is 0.198. The van der Waals surface area contributed by atoms with Crippen molar-refractivity contribution in [3.63, 3.8) is 0 Å². The maximum Gasteiger partial charge on any atom is 0.389 e. The van der Waals surface area contributed by atoms with Gasteiger partial charge in [0.2, 0.25) is 0 Å². The van der Waals surface area contributed by atoms with Crippen LogP contribution in [0, 0.1) is 0 Å². The van der Waals surface area contributed by atoms with Gasteiger partial charge in [0.1, 0.15) is 0 Å². The number of alkyl halides is 3. The summed E-state index contributed by atoms with van der Waals surface area (Å²) in [6, 6.07) is -0.765. The Hall–Kier alpha value is -0.790. The lowest BCUT2D eigenvalue weighted by atomic mass is 10.1. The average molecular weight is 299 g/mol. The van der Waals surface area contributed by atoms with Crippen LogP contribution in [0.15, 0.2) is 6.20 Å². The molecule has 110 valence electrons. The Morgan fingerprint density at radius 2 is 2.11 bits per heavy atom. The molecule has 19 heavy (non-hydrogen) atoms. The van der Waals surface area contributed by atoms with Crippen molar-refractivity contribution in [1.82, 2.24) is 14.7 Å². The molecule has 8 heteroatoms. The number of hydrogen-bond acceptors (Lipinski definition) is 3. The molecule has 0 aliphatic carbocycles. The largest absolute Gasteiger partial charge is 0.389 e. The molecule has 0 aromatic carbocycles. The summed E-state index contributed by atoms with van der Waals surface area (Å²) in [7, 11) is 3.79. The van der Waals surface area contributed by atoms with Crippen LogP contribution in [-0.2, 0) is 6.54 Å². The van der Waals surface area contributed by atoms with Crippen LogP contribution in [0.5, 0.6) is 0 Å². The van der Waals surface area contributed by atoms with Crippen LogP contribution in [0.3, 0.4) is 0 Å². The number of likely N-dealkylation sites (N-methyl/N-ethyl adjacent to an activating group) is 1. The molecule has 2 N–H and O–H groups in total. The number of nitrogens with two attached hydrogens (primary N) is 1. The molecule has 4 nitrogen and oxygen atoms in total. The molecule has 0 aliphatic heterocycles. The van der Waals surface area contributed by atoms with Crippen molar-refractivity contribution in [1.29, 1.82) is 0 Å². The first-order valence-corrected chi connectivity index (χ1v) is 6.27. The molecule has 1 rings (SSSR count). The second-order valence-electron chi connectivity index (χ2n) is 4.66. The summed E-state index contributed by atoms with van der Waals surface area (Å²) < 4.78 is 38.2. The highest BCUT2D eigenvalue weighted by Gasteiger charge is 2.29. The summed E-state index contributed by atoms with van der Waals surface area (Å²) in [4.78, 5) is 1.95. The minimum atomic E-state index is -4.21. The van der Waals surface area contributed by atoms with Gasteiger partial charge >= 0.3 is 6.18 Å². The van der Waals surface area contributed by atoms with E-state index in [1.54, 1.807) is 4.68 Å². The van der Waals surface area contributed by atoms with Crippen LogP contribution in [0.25, 0.3) is 0 Å². The summed E-state index contributed by atoms with van der Waals surface area (Å²) in [5.74, 6) is 0. The van der Waals surface area contributed by atoms with E-state index in [4.69, 9.17) is 17.3 Å². The number of halogens is 4. The highest BCUT2D eigenvalue weighted by Crippen LogP contribution is 2.29. The number of nitrogens with zero attached hydrogens (tertiary/aromatic N) is 3. The van der Waals surface area contributed by atoms with E-state index in [-0.39, 0.29) is 6.42 Å². The summed E-state index contributed by atoms with van der Waals surface area (Å²) in [6.45, 7) is 1.24. The first kappa shape index (κ1) is 16.3. The third-order valence-corrected chi connectivity index (χ3v) is 2.97. The lowest BCUT2D eigenvalue weighted by Gasteiger charge is -2.17. The van der Waals surface area contributed by atoms with Crippen LogP contribution in [0.2, 0.25) is 5.02 Å². The van der Waals surface area contributed by atoms with E-state index in [0.717, 1.165) is 0 Å². The fourth-order valence-electron chi connectivity index (χ4n) is 1.67. The number of rotatable bonds is 6. The van der Waals surface area contributed by atoms with Gasteiger partial charge in [-0.25, -0.2) is 0 Å². The normalized spacial score (nSPS) is 14.1. The minimum Gasteiger partial charge on any atom is -0.323 e. The van der Waals surface area contributed by atoms with Gasteiger partial charge in [0.25, 0.3) is 0 Å². The zero-order valence-electron chi connectivity index (χ0n) is 10.9. The van der Waals surface area contributed by atoms with Crippen molar-refractivity contribution in [3.8, 4) is 0 Å². The summed E-state index contributed by atoms with van der Waals surface area (Å²) in [5.41, 5.74) is 6.26. The van der Waals surface area contributed by atoms with E-state index in [1.165, 1.54) is 6.20 Å². The first-order chi connectivity index (χ1) is 8.70. The second kappa shape index (κ2) is 6.58. The molecule has 0 spiro atoms. The van der Waals surface area contributed by atoms with Gasteiger partial charge < -0.3 is 10.6 Å². The van der Waals surface area contributed by atoms with Crippen molar-refractivity contribution >= 4 is 11.6 Å². The maximum absolute atomic E-state index is 12.2. The fraction of sp³-hybridized carbons (Fsp3) is 0.727. The van der Waals surface area contributed by atoms with Crippen molar-refractivity contribution in [2.75, 3.05) is 20.6 Å². The van der Waals surface area contributed by atoms with E-state index in [0.29, 0.717) is 23.8 Å². The molecular formula is C11H18ClF3N4. The van der Waals surface area contributed by atoms with Crippen molar-refractivity contribution < 1.29 is 13.2 Å². The van der Waals surface area contributed by atoms with E-state index < -0.39 is 18.6 Å². The average Bonchev–Trinajstić information content (AvgIpc) is 2.64. The first-order valence-electron chi connectivity index (χ1n) is 5.89. The quantitative estimate of drug-likeness (QED) is 0.877. The van der Waals surface area contributed by atoms with Gasteiger partial charge in [-0.2, -0.15) is 18.3 Å². The van der Waals surface area contributed by atoms with Gasteiger partial charge in [-0.15, -0.1) is 0 Å². The lowest BCUT2D eigenvalue weighted by Crippen LogP contribution is -2.24. The van der Waals surface area contributed by atoms with E-state index >= 15 is 0 Å². The highest BCUT2D eigenvalue weighted by molar-refractivity contribution is 6.31. The molecule has 0 saturated carbocycles. The van der Waals surface area contributed by atoms with E-state index in [1.807, 2.05) is 19.0 Å². The number of aromatic nitrogens is 2. The van der Waals surface area contributed by atoms with Crippen LogP contribution < -0.4 is 5.73 Å². The SMILES string of the molecule is CN(C)CCn1ncc(Cl)c1C(N)CCC(F)(F)F. The second-order valence-corrected chi connectivity index (χ2v) is 5.07. The van der Waals surface area contributed by atoms with Crippen molar-refractivity contribution in [2.45, 2.75) is 31.6 Å². The van der Waals surface area contributed by atoms with Crippen molar-refractivity contribution in [3.05, 3.63) is 16.9 Å². The number of hydrogen-bond donors (Lipinski definition) is 1. The van der Waals surface area contributed by atoms with Crippen molar-refractivity contribution in [2.24, 2.45) is 5.73 Å². The van der Waals surface area contributed by atoms with Crippen LogP contribution >= 0.6 is 11.6 Å². The zero-order chi connectivity index (χ0) is 14.6. The summed E-state index contributed by atoms with van der Waals surface area (Å²) in [6.07, 6.45) is -3.92. The Morgan fingerprint density at radius 3 is 2.63 bits per heavy atom. The molecule has 0 saturated heterocycles. The molecule has 1 unspecified atom stereocenters. The fourth-order valence-corrected chi connectivity index (χ4v) is 1.95. The van der Waals surface area contributed by atoms with Gasteiger partial charge in [0.15, 0.2) is 0 Å². The molecule has 1 aromatic rings. The van der Waals surface area contributed by atoms with Crippen LogP contribution in [0.1, 0.15) is 24.6 Å². The van der Waals surface area contributed by atoms with Gasteiger partial charge in [0.05, 0.1) is 23.5 Å². The Labute approximate surface area is 115 Å². The molecule has 1 atom stereocenters. The Bertz CT molecular complexity index is 403. The molecule has 0 fully saturated rings. The van der Waals surface area contributed by atoms with Gasteiger partial charge in [-0.05, 0) is 20.5 Å². The summed E-state index contributed by atoms with van der Waals surface area (Å²) >= 11 is 5.95.